The Morgan fingerprint density at radius 2 is 1.83 bits per heavy atom. The SMILES string of the molecule is CCCCCCc1ccc(C(=O)Oc2ccc(S)c(F)c2)cc1. The van der Waals surface area contributed by atoms with Crippen molar-refractivity contribution in [3.63, 3.8) is 0 Å². The predicted octanol–water partition coefficient (Wildman–Crippen LogP) is 5.46. The first-order chi connectivity index (χ1) is 11.1. The zero-order chi connectivity index (χ0) is 16.7. The Kier molecular flexibility index (Phi) is 6.66. The van der Waals surface area contributed by atoms with Crippen LogP contribution in [-0.4, -0.2) is 5.97 Å². The van der Waals surface area contributed by atoms with E-state index < -0.39 is 11.8 Å². The molecule has 0 aliphatic rings. The molecule has 0 aromatic heterocycles. The van der Waals surface area contributed by atoms with Crippen molar-refractivity contribution in [2.24, 2.45) is 0 Å². The van der Waals surface area contributed by atoms with Crippen molar-refractivity contribution in [1.82, 2.24) is 0 Å². The number of carbonyl (C=O) groups is 1. The minimum atomic E-state index is -0.513. The fourth-order valence-electron chi connectivity index (χ4n) is 2.28. The first-order valence-corrected chi connectivity index (χ1v) is 8.34. The molecule has 23 heavy (non-hydrogen) atoms. The summed E-state index contributed by atoms with van der Waals surface area (Å²) in [5.41, 5.74) is 1.67. The lowest BCUT2D eigenvalue weighted by Gasteiger charge is -2.06. The lowest BCUT2D eigenvalue weighted by molar-refractivity contribution is 0.0734. The van der Waals surface area contributed by atoms with E-state index in [9.17, 15) is 9.18 Å². The number of rotatable bonds is 7. The first kappa shape index (κ1) is 17.5. The van der Waals surface area contributed by atoms with Crippen LogP contribution in [-0.2, 0) is 6.42 Å². The van der Waals surface area contributed by atoms with E-state index in [4.69, 9.17) is 4.74 Å². The zero-order valence-electron chi connectivity index (χ0n) is 13.2. The summed E-state index contributed by atoms with van der Waals surface area (Å²) in [6.07, 6.45) is 5.88. The van der Waals surface area contributed by atoms with Crippen molar-refractivity contribution in [2.75, 3.05) is 0 Å². The first-order valence-electron chi connectivity index (χ1n) is 7.90. The molecule has 2 nitrogen and oxygen atoms in total. The molecule has 4 heteroatoms. The molecule has 0 unspecified atom stereocenters. The second kappa shape index (κ2) is 8.73. The maximum Gasteiger partial charge on any atom is 0.343 e. The van der Waals surface area contributed by atoms with Gasteiger partial charge >= 0.3 is 5.97 Å². The smallest absolute Gasteiger partial charge is 0.343 e. The summed E-state index contributed by atoms with van der Waals surface area (Å²) < 4.78 is 18.6. The van der Waals surface area contributed by atoms with E-state index in [1.807, 2.05) is 12.1 Å². The van der Waals surface area contributed by atoms with E-state index in [0.717, 1.165) is 18.9 Å². The average molecular weight is 332 g/mol. The molecule has 0 radical (unpaired) electrons. The molecule has 0 saturated carbocycles. The maximum atomic E-state index is 13.4. The van der Waals surface area contributed by atoms with Crippen molar-refractivity contribution in [3.8, 4) is 5.75 Å². The highest BCUT2D eigenvalue weighted by Crippen LogP contribution is 2.20. The van der Waals surface area contributed by atoms with Gasteiger partial charge in [0.05, 0.1) is 5.56 Å². The van der Waals surface area contributed by atoms with Gasteiger partial charge in [-0.3, -0.25) is 0 Å². The molecule has 0 bridgehead atoms. The van der Waals surface area contributed by atoms with E-state index in [1.54, 1.807) is 12.1 Å². The summed E-state index contributed by atoms with van der Waals surface area (Å²) in [7, 11) is 0. The van der Waals surface area contributed by atoms with Gasteiger partial charge in [0.2, 0.25) is 0 Å². The Morgan fingerprint density at radius 1 is 1.09 bits per heavy atom. The van der Waals surface area contributed by atoms with Crippen LogP contribution < -0.4 is 4.74 Å². The van der Waals surface area contributed by atoms with Crippen molar-refractivity contribution >= 4 is 18.6 Å². The third kappa shape index (κ3) is 5.39. The van der Waals surface area contributed by atoms with E-state index in [-0.39, 0.29) is 10.6 Å². The number of benzene rings is 2. The lowest BCUT2D eigenvalue weighted by atomic mass is 10.0. The number of unbranched alkanes of at least 4 members (excludes halogenated alkanes) is 3. The normalized spacial score (nSPS) is 10.6. The molecular weight excluding hydrogens is 311 g/mol. The minimum absolute atomic E-state index is 0.175. The van der Waals surface area contributed by atoms with Crippen molar-refractivity contribution in [3.05, 3.63) is 59.4 Å². The highest BCUT2D eigenvalue weighted by molar-refractivity contribution is 7.80. The second-order valence-corrected chi connectivity index (χ2v) is 5.99. The van der Waals surface area contributed by atoms with Crippen molar-refractivity contribution < 1.29 is 13.9 Å². The van der Waals surface area contributed by atoms with Crippen LogP contribution in [0.5, 0.6) is 5.75 Å². The third-order valence-electron chi connectivity index (χ3n) is 3.64. The Morgan fingerprint density at radius 3 is 2.48 bits per heavy atom. The van der Waals surface area contributed by atoms with Crippen LogP contribution >= 0.6 is 12.6 Å². The molecule has 0 amide bonds. The predicted molar refractivity (Wildman–Crippen MR) is 92.9 cm³/mol. The van der Waals surface area contributed by atoms with Crippen LogP contribution in [0.1, 0.15) is 48.5 Å². The molecule has 0 fully saturated rings. The molecule has 0 N–H and O–H groups in total. The van der Waals surface area contributed by atoms with Gasteiger partial charge in [-0.15, -0.1) is 12.6 Å². The molecule has 0 heterocycles. The summed E-state index contributed by atoms with van der Waals surface area (Å²) in [5.74, 6) is -0.830. The van der Waals surface area contributed by atoms with Gasteiger partial charge < -0.3 is 4.74 Å². The number of halogens is 1. The van der Waals surface area contributed by atoms with Gasteiger partial charge in [0, 0.05) is 11.0 Å². The molecule has 0 atom stereocenters. The number of aryl methyl sites for hydroxylation is 1. The van der Waals surface area contributed by atoms with Crippen LogP contribution in [0.4, 0.5) is 4.39 Å². The average Bonchev–Trinajstić information content (AvgIpc) is 2.55. The second-order valence-electron chi connectivity index (χ2n) is 5.51. The molecule has 2 rings (SSSR count). The monoisotopic (exact) mass is 332 g/mol. The Balaban J connectivity index is 1.93. The summed E-state index contributed by atoms with van der Waals surface area (Å²) in [6, 6.07) is 11.5. The molecule has 2 aromatic rings. The van der Waals surface area contributed by atoms with E-state index in [1.165, 1.54) is 37.0 Å². The van der Waals surface area contributed by atoms with Gasteiger partial charge in [-0.25, -0.2) is 9.18 Å². The summed E-state index contributed by atoms with van der Waals surface area (Å²) in [5, 5.41) is 0. The Bertz CT molecular complexity index is 653. The topological polar surface area (TPSA) is 26.3 Å². The molecule has 0 aliphatic carbocycles. The summed E-state index contributed by atoms with van der Waals surface area (Å²) in [6.45, 7) is 2.19. The Hall–Kier alpha value is -1.81. The highest BCUT2D eigenvalue weighted by atomic mass is 32.1. The van der Waals surface area contributed by atoms with E-state index >= 15 is 0 Å². The lowest BCUT2D eigenvalue weighted by Crippen LogP contribution is -2.08. The summed E-state index contributed by atoms with van der Waals surface area (Å²) >= 11 is 3.94. The molecule has 0 spiro atoms. The number of hydrogen-bond acceptors (Lipinski definition) is 3. The molecule has 122 valence electrons. The Labute approximate surface area is 142 Å². The standard InChI is InChI=1S/C19H21FO2S/c1-2-3-4-5-6-14-7-9-15(10-8-14)19(21)22-16-11-12-18(23)17(20)13-16/h7-13,23H,2-6H2,1H3. The van der Waals surface area contributed by atoms with Gasteiger partial charge in [-0.05, 0) is 42.7 Å². The number of thiol groups is 1. The molecule has 0 saturated heterocycles. The van der Waals surface area contributed by atoms with Crippen LogP contribution in [0, 0.1) is 5.82 Å². The number of esters is 1. The largest absolute Gasteiger partial charge is 0.423 e. The minimum Gasteiger partial charge on any atom is -0.423 e. The molecule has 2 aromatic carbocycles. The fraction of sp³-hybridized carbons (Fsp3) is 0.316. The highest BCUT2D eigenvalue weighted by Gasteiger charge is 2.10. The number of ether oxygens (including phenoxy) is 1. The van der Waals surface area contributed by atoms with Gasteiger partial charge in [0.25, 0.3) is 0 Å². The molecule has 0 aliphatic heterocycles. The van der Waals surface area contributed by atoms with Crippen LogP contribution in [0.15, 0.2) is 47.4 Å². The van der Waals surface area contributed by atoms with Crippen LogP contribution in [0.2, 0.25) is 0 Å². The van der Waals surface area contributed by atoms with Crippen LogP contribution in [0.3, 0.4) is 0 Å². The van der Waals surface area contributed by atoms with E-state index in [0.29, 0.717) is 5.56 Å². The van der Waals surface area contributed by atoms with Gasteiger partial charge in [0.15, 0.2) is 0 Å². The summed E-state index contributed by atoms with van der Waals surface area (Å²) in [4.78, 5) is 12.3. The van der Waals surface area contributed by atoms with Crippen LogP contribution in [0.25, 0.3) is 0 Å². The quantitative estimate of drug-likeness (QED) is 0.315. The fourth-order valence-corrected chi connectivity index (χ4v) is 2.42. The zero-order valence-corrected chi connectivity index (χ0v) is 14.1. The maximum absolute atomic E-state index is 13.4. The van der Waals surface area contributed by atoms with Gasteiger partial charge in [0.1, 0.15) is 11.6 Å². The number of carbonyl (C=O) groups excluding carboxylic acids is 1. The third-order valence-corrected chi connectivity index (χ3v) is 4.00. The number of hydrogen-bond donors (Lipinski definition) is 1. The molecular formula is C19H21FO2S. The van der Waals surface area contributed by atoms with E-state index in [2.05, 4.69) is 19.6 Å². The van der Waals surface area contributed by atoms with Crippen molar-refractivity contribution in [1.29, 1.82) is 0 Å². The van der Waals surface area contributed by atoms with Gasteiger partial charge in [-0.2, -0.15) is 0 Å². The van der Waals surface area contributed by atoms with Crippen molar-refractivity contribution in [2.45, 2.75) is 43.9 Å². The van der Waals surface area contributed by atoms with Gasteiger partial charge in [-0.1, -0.05) is 38.3 Å².